The average molecular weight is 144 g/mol. The Morgan fingerprint density at radius 1 is 1.80 bits per heavy atom. The third kappa shape index (κ3) is 4.05. The Labute approximate surface area is 59.8 Å². The number of carbonyl (C=O) groups excluding carboxylic acids is 1. The van der Waals surface area contributed by atoms with Gasteiger partial charge in [0.2, 0.25) is 0 Å². The summed E-state index contributed by atoms with van der Waals surface area (Å²) in [6, 6.07) is -0.274. The summed E-state index contributed by atoms with van der Waals surface area (Å²) < 4.78 is 4.58. The molecule has 1 unspecified atom stereocenters. The van der Waals surface area contributed by atoms with Gasteiger partial charge in [-0.1, -0.05) is 6.58 Å². The number of carbonyl (C=O) groups is 1. The maximum atomic E-state index is 10.4. The molecule has 0 heterocycles. The summed E-state index contributed by atoms with van der Waals surface area (Å²) in [6.45, 7) is 3.68. The summed E-state index contributed by atoms with van der Waals surface area (Å²) in [7, 11) is 0. The van der Waals surface area contributed by atoms with Crippen LogP contribution in [0.3, 0.4) is 0 Å². The summed E-state index contributed by atoms with van der Waals surface area (Å²) in [5.74, 6) is -0.469. The monoisotopic (exact) mass is 144 g/mol. The van der Waals surface area contributed by atoms with Crippen LogP contribution in [-0.2, 0) is 9.53 Å². The van der Waals surface area contributed by atoms with Gasteiger partial charge in [0.1, 0.15) is 6.61 Å². The fourth-order valence-electron chi connectivity index (χ4n) is 0.316. The second-order valence-corrected chi connectivity index (χ2v) is 1.83. The van der Waals surface area contributed by atoms with Crippen LogP contribution in [0.25, 0.3) is 0 Å². The lowest BCUT2D eigenvalue weighted by Gasteiger charge is -2.06. The first-order chi connectivity index (χ1) is 4.70. The second kappa shape index (κ2) is 4.96. The summed E-state index contributed by atoms with van der Waals surface area (Å²) in [5.41, 5.74) is 10.5. The van der Waals surface area contributed by atoms with Crippen molar-refractivity contribution in [1.29, 1.82) is 0 Å². The summed E-state index contributed by atoms with van der Waals surface area (Å²) in [4.78, 5) is 10.4. The van der Waals surface area contributed by atoms with Crippen LogP contribution in [0.4, 0.5) is 0 Å². The van der Waals surface area contributed by atoms with Crippen LogP contribution in [0.2, 0.25) is 0 Å². The van der Waals surface area contributed by atoms with Crippen LogP contribution in [0.5, 0.6) is 0 Å². The standard InChI is InChI=1S/C6H12N2O2/c1-2-6(9)10-4-5(8)3-7/h2,5H,1,3-4,7-8H2. The van der Waals surface area contributed by atoms with Gasteiger partial charge in [0.15, 0.2) is 0 Å². The zero-order valence-electron chi connectivity index (χ0n) is 5.75. The summed E-state index contributed by atoms with van der Waals surface area (Å²) in [5, 5.41) is 0. The molecule has 0 saturated carbocycles. The molecule has 0 aromatic carbocycles. The summed E-state index contributed by atoms with van der Waals surface area (Å²) in [6.07, 6.45) is 1.09. The van der Waals surface area contributed by atoms with Gasteiger partial charge in [-0.25, -0.2) is 4.79 Å². The van der Waals surface area contributed by atoms with Crippen molar-refractivity contribution in [2.75, 3.05) is 13.2 Å². The smallest absolute Gasteiger partial charge is 0.330 e. The summed E-state index contributed by atoms with van der Waals surface area (Å²) >= 11 is 0. The largest absolute Gasteiger partial charge is 0.461 e. The molecule has 4 N–H and O–H groups in total. The van der Waals surface area contributed by atoms with Crippen LogP contribution < -0.4 is 11.5 Å². The minimum Gasteiger partial charge on any atom is -0.461 e. The molecular weight excluding hydrogens is 132 g/mol. The van der Waals surface area contributed by atoms with Gasteiger partial charge in [-0.05, 0) is 0 Å². The van der Waals surface area contributed by atoms with E-state index in [9.17, 15) is 4.79 Å². The third-order valence-electron chi connectivity index (χ3n) is 0.909. The Bertz CT molecular complexity index is 125. The van der Waals surface area contributed by atoms with E-state index in [1.165, 1.54) is 0 Å². The molecule has 0 spiro atoms. The highest BCUT2D eigenvalue weighted by atomic mass is 16.5. The van der Waals surface area contributed by atoms with Crippen LogP contribution >= 0.6 is 0 Å². The molecule has 0 saturated heterocycles. The minimum absolute atomic E-state index is 0.154. The van der Waals surface area contributed by atoms with Crippen LogP contribution in [0.1, 0.15) is 0 Å². The van der Waals surface area contributed by atoms with Crippen molar-refractivity contribution in [3.05, 3.63) is 12.7 Å². The van der Waals surface area contributed by atoms with Gasteiger partial charge in [-0.15, -0.1) is 0 Å². The number of nitrogens with two attached hydrogens (primary N) is 2. The number of ether oxygens (including phenoxy) is 1. The lowest BCUT2D eigenvalue weighted by Crippen LogP contribution is -2.34. The van der Waals surface area contributed by atoms with Crippen molar-refractivity contribution in [2.24, 2.45) is 11.5 Å². The highest BCUT2D eigenvalue weighted by Crippen LogP contribution is 1.81. The zero-order chi connectivity index (χ0) is 7.98. The predicted octanol–water partition coefficient (Wildman–Crippen LogP) is -0.998. The average Bonchev–Trinajstić information content (AvgIpc) is 1.99. The van der Waals surface area contributed by atoms with Gasteiger partial charge >= 0.3 is 5.97 Å². The maximum absolute atomic E-state index is 10.4. The zero-order valence-corrected chi connectivity index (χ0v) is 5.75. The van der Waals surface area contributed by atoms with E-state index >= 15 is 0 Å². The van der Waals surface area contributed by atoms with Crippen molar-refractivity contribution in [3.8, 4) is 0 Å². The van der Waals surface area contributed by atoms with Gasteiger partial charge in [0, 0.05) is 12.6 Å². The van der Waals surface area contributed by atoms with Crippen LogP contribution in [0.15, 0.2) is 12.7 Å². The van der Waals surface area contributed by atoms with E-state index in [4.69, 9.17) is 11.5 Å². The molecule has 4 nitrogen and oxygen atoms in total. The first-order valence-electron chi connectivity index (χ1n) is 2.95. The van der Waals surface area contributed by atoms with E-state index in [0.29, 0.717) is 6.54 Å². The fraction of sp³-hybridized carbons (Fsp3) is 0.500. The Morgan fingerprint density at radius 3 is 2.80 bits per heavy atom. The lowest BCUT2D eigenvalue weighted by atomic mass is 10.3. The van der Waals surface area contributed by atoms with Gasteiger partial charge in [-0.3, -0.25) is 0 Å². The van der Waals surface area contributed by atoms with Crippen molar-refractivity contribution in [1.82, 2.24) is 0 Å². The molecule has 0 aliphatic rings. The minimum atomic E-state index is -0.469. The first kappa shape index (κ1) is 9.13. The molecule has 1 atom stereocenters. The molecule has 0 rings (SSSR count). The predicted molar refractivity (Wildman–Crippen MR) is 38.2 cm³/mol. The molecule has 0 bridgehead atoms. The molecule has 0 aromatic heterocycles. The Morgan fingerprint density at radius 2 is 2.40 bits per heavy atom. The van der Waals surface area contributed by atoms with Gasteiger partial charge in [0.05, 0.1) is 6.04 Å². The Hall–Kier alpha value is -0.870. The molecule has 0 radical (unpaired) electrons. The van der Waals surface area contributed by atoms with Crippen molar-refractivity contribution < 1.29 is 9.53 Å². The second-order valence-electron chi connectivity index (χ2n) is 1.83. The molecule has 0 fully saturated rings. The molecular formula is C6H12N2O2. The van der Waals surface area contributed by atoms with Gasteiger partial charge in [0.25, 0.3) is 0 Å². The number of rotatable bonds is 4. The van der Waals surface area contributed by atoms with Crippen LogP contribution in [0, 0.1) is 0 Å². The van der Waals surface area contributed by atoms with Crippen LogP contribution in [-0.4, -0.2) is 25.2 Å². The molecule has 58 valence electrons. The van der Waals surface area contributed by atoms with Gasteiger partial charge in [-0.2, -0.15) is 0 Å². The molecule has 4 heteroatoms. The first-order valence-corrected chi connectivity index (χ1v) is 2.95. The molecule has 0 aromatic rings. The molecule has 10 heavy (non-hydrogen) atoms. The quantitative estimate of drug-likeness (QED) is 0.392. The molecule has 0 aliphatic heterocycles. The molecule has 0 aliphatic carbocycles. The van der Waals surface area contributed by atoms with Crippen molar-refractivity contribution in [3.63, 3.8) is 0 Å². The van der Waals surface area contributed by atoms with E-state index in [0.717, 1.165) is 6.08 Å². The fourth-order valence-corrected chi connectivity index (χ4v) is 0.316. The number of hydrogen-bond donors (Lipinski definition) is 2. The topological polar surface area (TPSA) is 78.3 Å². The SMILES string of the molecule is C=CC(=O)OCC(N)CN. The maximum Gasteiger partial charge on any atom is 0.330 e. The number of hydrogen-bond acceptors (Lipinski definition) is 4. The highest BCUT2D eigenvalue weighted by molar-refractivity contribution is 5.81. The normalized spacial score (nSPS) is 12.2. The van der Waals surface area contributed by atoms with Crippen molar-refractivity contribution >= 4 is 5.97 Å². The van der Waals surface area contributed by atoms with E-state index < -0.39 is 5.97 Å². The van der Waals surface area contributed by atoms with E-state index in [-0.39, 0.29) is 12.6 Å². The third-order valence-corrected chi connectivity index (χ3v) is 0.909. The van der Waals surface area contributed by atoms with E-state index in [2.05, 4.69) is 11.3 Å². The Balaban J connectivity index is 3.34. The van der Waals surface area contributed by atoms with Gasteiger partial charge < -0.3 is 16.2 Å². The van der Waals surface area contributed by atoms with E-state index in [1.54, 1.807) is 0 Å². The lowest BCUT2D eigenvalue weighted by molar-refractivity contribution is -0.138. The highest BCUT2D eigenvalue weighted by Gasteiger charge is 2.01. The Kier molecular flexibility index (Phi) is 4.53. The van der Waals surface area contributed by atoms with E-state index in [1.807, 2.05) is 0 Å². The number of esters is 1. The van der Waals surface area contributed by atoms with Crippen molar-refractivity contribution in [2.45, 2.75) is 6.04 Å². The molecule has 0 amide bonds.